The number of Topliss-reactive ketones (excluding diaryl/α,β-unsaturated/α-hetero) is 1. The molecule has 1 atom stereocenters. The number of benzene rings is 2. The molecular weight excluding hydrogens is 515 g/mol. The number of allylic oxidation sites excluding steroid dienone is 5. The molecule has 39 heavy (non-hydrogen) atoms. The van der Waals surface area contributed by atoms with E-state index in [1.165, 1.54) is 18.1 Å². The highest BCUT2D eigenvalue weighted by Crippen LogP contribution is 2.36. The minimum absolute atomic E-state index is 0.00583. The fraction of sp³-hybridized carbons (Fsp3) is 0.219. The third kappa shape index (κ3) is 8.22. The Bertz CT molecular complexity index is 1400. The summed E-state index contributed by atoms with van der Waals surface area (Å²) < 4.78 is 14.0. The van der Waals surface area contributed by atoms with Gasteiger partial charge in [0.05, 0.1) is 10.7 Å². The van der Waals surface area contributed by atoms with E-state index in [-0.39, 0.29) is 28.5 Å². The summed E-state index contributed by atoms with van der Waals surface area (Å²) in [5, 5.41) is 14.7. The summed E-state index contributed by atoms with van der Waals surface area (Å²) in [6.07, 6.45) is 10.4. The second-order valence-electron chi connectivity index (χ2n) is 8.95. The van der Waals surface area contributed by atoms with Crippen molar-refractivity contribution in [2.75, 3.05) is 7.05 Å². The van der Waals surface area contributed by atoms with Crippen LogP contribution in [-0.2, 0) is 4.84 Å². The van der Waals surface area contributed by atoms with Crippen LogP contribution >= 0.6 is 11.6 Å². The molecule has 2 rings (SSSR count). The van der Waals surface area contributed by atoms with Gasteiger partial charge in [-0.1, -0.05) is 49.0 Å². The summed E-state index contributed by atoms with van der Waals surface area (Å²) in [6, 6.07) is 9.69. The van der Waals surface area contributed by atoms with E-state index in [2.05, 4.69) is 24.4 Å². The van der Waals surface area contributed by atoms with Crippen molar-refractivity contribution < 1.29 is 19.1 Å². The van der Waals surface area contributed by atoms with E-state index in [4.69, 9.17) is 22.9 Å². The van der Waals surface area contributed by atoms with Crippen LogP contribution in [-0.4, -0.2) is 23.0 Å². The normalized spacial score (nSPS) is 13.2. The molecule has 5 nitrogen and oxygen atoms in total. The minimum atomic E-state index is -0.784. The number of nitrogens with zero attached hydrogens (tertiary/aromatic N) is 1. The van der Waals surface area contributed by atoms with Gasteiger partial charge in [0.2, 0.25) is 0 Å². The number of likely N-dealkylation sites (N-methyl/N-ethyl adjacent to an activating group) is 1. The summed E-state index contributed by atoms with van der Waals surface area (Å²) in [5.74, 6) is 1.81. The van der Waals surface area contributed by atoms with Gasteiger partial charge in [0.25, 0.3) is 0 Å². The van der Waals surface area contributed by atoms with Gasteiger partial charge in [-0.05, 0) is 74.3 Å². The Morgan fingerprint density at radius 2 is 1.95 bits per heavy atom. The van der Waals surface area contributed by atoms with E-state index in [9.17, 15) is 14.3 Å². The fourth-order valence-corrected chi connectivity index (χ4v) is 4.04. The van der Waals surface area contributed by atoms with Crippen LogP contribution in [0.4, 0.5) is 4.39 Å². The summed E-state index contributed by atoms with van der Waals surface area (Å²) in [7, 11) is 1.68. The van der Waals surface area contributed by atoms with Crippen molar-refractivity contribution in [3.05, 3.63) is 118 Å². The van der Waals surface area contributed by atoms with Crippen LogP contribution in [0, 0.1) is 18.2 Å². The highest BCUT2D eigenvalue weighted by molar-refractivity contribution is 6.31. The van der Waals surface area contributed by atoms with Crippen LogP contribution in [0.2, 0.25) is 5.02 Å². The molecule has 0 saturated carbocycles. The lowest BCUT2D eigenvalue weighted by molar-refractivity contribution is -0.151. The number of hydrogen-bond acceptors (Lipinski definition) is 5. The van der Waals surface area contributed by atoms with Gasteiger partial charge in [-0.15, -0.1) is 12.3 Å². The number of nitrogens with one attached hydrogen (secondary N) is 1. The van der Waals surface area contributed by atoms with Crippen LogP contribution in [0.3, 0.4) is 0 Å². The largest absolute Gasteiger partial charge is 0.508 e. The Morgan fingerprint density at radius 3 is 2.56 bits per heavy atom. The first kappa shape index (κ1) is 31.2. The lowest BCUT2D eigenvalue weighted by Gasteiger charge is -2.27. The van der Waals surface area contributed by atoms with E-state index >= 15 is 0 Å². The number of aromatic hydroxyl groups is 1. The summed E-state index contributed by atoms with van der Waals surface area (Å²) in [6.45, 7) is 15.0. The summed E-state index contributed by atoms with van der Waals surface area (Å²) in [5.41, 5.74) is 5.23. The first-order valence-corrected chi connectivity index (χ1v) is 12.6. The molecule has 0 saturated heterocycles. The first-order valence-electron chi connectivity index (χ1n) is 12.2. The van der Waals surface area contributed by atoms with Gasteiger partial charge < -0.3 is 10.4 Å². The number of hydroxylamine groups is 2. The molecule has 0 spiro atoms. The monoisotopic (exact) mass is 548 g/mol. The molecule has 0 aliphatic heterocycles. The Kier molecular flexibility index (Phi) is 11.3. The molecular formula is C32H34ClFN2O3. The smallest absolute Gasteiger partial charge is 0.159 e. The Hall–Kier alpha value is -4.05. The van der Waals surface area contributed by atoms with E-state index in [1.807, 2.05) is 38.1 Å². The van der Waals surface area contributed by atoms with E-state index in [0.29, 0.717) is 22.5 Å². The maximum Gasteiger partial charge on any atom is 0.159 e. The van der Waals surface area contributed by atoms with E-state index in [1.54, 1.807) is 32.3 Å². The van der Waals surface area contributed by atoms with E-state index < -0.39 is 11.9 Å². The molecule has 2 aromatic rings. The standard InChI is InChI=1S/C32H34ClFN2O3/c1-9-12-26(22(5)35-19-21(4)25-13-11-14-27(17-25)23(6)37)18-29(20(3)10-2)36(8)39-24(7)31-30(38)16-15-28(34)32(31)33/h1,10-11,13-19,24,35,38H,2,5,12H2,3-4,6-8H3/b21-19+,26-18+,29-20-. The fourth-order valence-electron chi connectivity index (χ4n) is 3.72. The average Bonchev–Trinajstić information content (AvgIpc) is 2.91. The molecule has 0 aliphatic carbocycles. The predicted molar refractivity (Wildman–Crippen MR) is 157 cm³/mol. The Balaban J connectivity index is 2.35. The second kappa shape index (κ2) is 14.2. The average molecular weight is 549 g/mol. The van der Waals surface area contributed by atoms with Gasteiger partial charge in [-0.2, -0.15) is 0 Å². The number of phenols is 1. The maximum atomic E-state index is 14.0. The maximum absolute atomic E-state index is 14.0. The SMILES string of the molecule is C#CC/C(=C\C(=C(/C)C=C)N(C)OC(C)c1c(O)ccc(F)c1Cl)C(=C)N/C=C(\C)c1cccc(C(C)=O)c1. The van der Waals surface area contributed by atoms with Gasteiger partial charge in [0.1, 0.15) is 17.7 Å². The number of carbonyl (C=O) groups is 1. The number of ketones is 1. The molecule has 1 unspecified atom stereocenters. The van der Waals surface area contributed by atoms with Crippen molar-refractivity contribution in [1.82, 2.24) is 10.4 Å². The molecule has 204 valence electrons. The molecule has 0 bridgehead atoms. The van der Waals surface area contributed by atoms with E-state index in [0.717, 1.165) is 22.8 Å². The highest BCUT2D eigenvalue weighted by Gasteiger charge is 2.21. The zero-order chi connectivity index (χ0) is 29.3. The first-order chi connectivity index (χ1) is 18.4. The predicted octanol–water partition coefficient (Wildman–Crippen LogP) is 7.89. The number of phenolic OH excluding ortho intramolecular Hbond substituents is 1. The van der Waals surface area contributed by atoms with Gasteiger partial charge >= 0.3 is 0 Å². The number of terminal acetylenes is 1. The number of hydrogen-bond donors (Lipinski definition) is 2. The topological polar surface area (TPSA) is 61.8 Å². The third-order valence-electron chi connectivity index (χ3n) is 6.06. The Morgan fingerprint density at radius 1 is 1.28 bits per heavy atom. The zero-order valence-corrected chi connectivity index (χ0v) is 23.7. The van der Waals surface area contributed by atoms with Crippen LogP contribution in [0.25, 0.3) is 5.57 Å². The molecule has 0 fully saturated rings. The summed E-state index contributed by atoms with van der Waals surface area (Å²) in [4.78, 5) is 17.8. The Labute approximate surface area is 235 Å². The molecule has 0 aromatic heterocycles. The second-order valence-corrected chi connectivity index (χ2v) is 9.33. The number of halogens is 2. The number of rotatable bonds is 12. The van der Waals surface area contributed by atoms with Gasteiger partial charge in [-0.25, -0.2) is 4.39 Å². The molecule has 2 aromatic carbocycles. The van der Waals surface area contributed by atoms with Crippen molar-refractivity contribution in [2.45, 2.75) is 40.2 Å². The molecule has 0 amide bonds. The third-order valence-corrected chi connectivity index (χ3v) is 6.44. The van der Waals surface area contributed by atoms with Crippen molar-refractivity contribution >= 4 is 23.0 Å². The van der Waals surface area contributed by atoms with Crippen LogP contribution in [0.1, 0.15) is 61.7 Å². The van der Waals surface area contributed by atoms with Gasteiger partial charge in [-0.3, -0.25) is 14.7 Å². The number of carbonyl (C=O) groups excluding carboxylic acids is 1. The molecule has 0 heterocycles. The van der Waals surface area contributed by atoms with Crippen molar-refractivity contribution in [3.8, 4) is 18.1 Å². The molecule has 7 heteroatoms. The van der Waals surface area contributed by atoms with Crippen LogP contribution in [0.15, 0.2) is 90.4 Å². The molecule has 0 radical (unpaired) electrons. The minimum Gasteiger partial charge on any atom is -0.508 e. The zero-order valence-electron chi connectivity index (χ0n) is 22.9. The molecule has 2 N–H and O–H groups in total. The van der Waals surface area contributed by atoms with Crippen LogP contribution in [0.5, 0.6) is 5.75 Å². The van der Waals surface area contributed by atoms with Crippen molar-refractivity contribution in [3.63, 3.8) is 0 Å². The lowest BCUT2D eigenvalue weighted by Crippen LogP contribution is -2.21. The quantitative estimate of drug-likeness (QED) is 0.122. The highest BCUT2D eigenvalue weighted by atomic mass is 35.5. The van der Waals surface area contributed by atoms with Gasteiger partial charge in [0.15, 0.2) is 5.78 Å². The van der Waals surface area contributed by atoms with Crippen molar-refractivity contribution in [1.29, 1.82) is 0 Å². The van der Waals surface area contributed by atoms with Crippen molar-refractivity contribution in [2.24, 2.45) is 0 Å². The molecule has 0 aliphatic rings. The van der Waals surface area contributed by atoms with Crippen LogP contribution < -0.4 is 5.32 Å². The lowest BCUT2D eigenvalue weighted by atomic mass is 10.0. The van der Waals surface area contributed by atoms with Gasteiger partial charge in [0, 0.05) is 36.5 Å². The summed E-state index contributed by atoms with van der Waals surface area (Å²) >= 11 is 6.10.